The third kappa shape index (κ3) is 2.32. The Bertz CT molecular complexity index is 631. The number of aryl methyl sites for hydroxylation is 3. The first-order chi connectivity index (χ1) is 9.69. The van der Waals surface area contributed by atoms with E-state index in [1.807, 2.05) is 0 Å². The minimum atomic E-state index is 0.613. The summed E-state index contributed by atoms with van der Waals surface area (Å²) in [5.74, 6) is 0. The molecule has 0 amide bonds. The van der Waals surface area contributed by atoms with Crippen LogP contribution in [0.4, 0.5) is 11.4 Å². The molecule has 0 spiro atoms. The molecule has 0 atom stereocenters. The summed E-state index contributed by atoms with van der Waals surface area (Å²) in [6.45, 7) is 6.02. The van der Waals surface area contributed by atoms with E-state index in [1.165, 1.54) is 46.5 Å². The second kappa shape index (κ2) is 5.29. The normalized spacial score (nSPS) is 14.2. The number of hydrogen-bond acceptors (Lipinski definition) is 2. The number of benzene rings is 2. The van der Waals surface area contributed by atoms with Gasteiger partial charge in [-0.3, -0.25) is 0 Å². The second-order valence-electron chi connectivity index (χ2n) is 5.70. The molecule has 0 unspecified atom stereocenters. The highest BCUT2D eigenvalue weighted by Gasteiger charge is 2.18. The summed E-state index contributed by atoms with van der Waals surface area (Å²) >= 11 is 0. The smallest absolute Gasteiger partial charge is 0.0443 e. The molecule has 2 heteroatoms. The number of nitrogens with two attached hydrogens (primary N) is 1. The molecule has 2 nitrogen and oxygen atoms in total. The SMILES string of the molecule is Cc1ccc2c(c1)CCCN2c1ccc(CN)c(C)c1. The van der Waals surface area contributed by atoms with Crippen molar-refractivity contribution < 1.29 is 0 Å². The maximum Gasteiger partial charge on any atom is 0.0443 e. The predicted molar refractivity (Wildman–Crippen MR) is 85.6 cm³/mol. The number of rotatable bonds is 2. The van der Waals surface area contributed by atoms with Crippen LogP contribution >= 0.6 is 0 Å². The molecule has 20 heavy (non-hydrogen) atoms. The Kier molecular flexibility index (Phi) is 3.49. The molecule has 104 valence electrons. The van der Waals surface area contributed by atoms with Crippen molar-refractivity contribution in [2.24, 2.45) is 5.73 Å². The maximum atomic E-state index is 5.76. The number of nitrogens with zero attached hydrogens (tertiary/aromatic N) is 1. The summed E-state index contributed by atoms with van der Waals surface area (Å²) in [4.78, 5) is 2.44. The van der Waals surface area contributed by atoms with Crippen molar-refractivity contribution >= 4 is 11.4 Å². The molecule has 1 aliphatic rings. The molecule has 0 radical (unpaired) electrons. The molecule has 2 N–H and O–H groups in total. The van der Waals surface area contributed by atoms with E-state index in [2.05, 4.69) is 55.1 Å². The maximum absolute atomic E-state index is 5.76. The highest BCUT2D eigenvalue weighted by Crippen LogP contribution is 2.34. The average molecular weight is 266 g/mol. The Hall–Kier alpha value is -1.80. The van der Waals surface area contributed by atoms with E-state index in [0.29, 0.717) is 6.54 Å². The van der Waals surface area contributed by atoms with Gasteiger partial charge >= 0.3 is 0 Å². The van der Waals surface area contributed by atoms with Crippen molar-refractivity contribution in [3.8, 4) is 0 Å². The minimum Gasteiger partial charge on any atom is -0.341 e. The van der Waals surface area contributed by atoms with E-state index in [9.17, 15) is 0 Å². The van der Waals surface area contributed by atoms with Gasteiger partial charge in [-0.25, -0.2) is 0 Å². The molecule has 0 bridgehead atoms. The first-order valence-electron chi connectivity index (χ1n) is 7.35. The summed E-state index contributed by atoms with van der Waals surface area (Å²) in [6, 6.07) is 13.4. The van der Waals surface area contributed by atoms with E-state index < -0.39 is 0 Å². The molecular formula is C18H22N2. The van der Waals surface area contributed by atoms with Gasteiger partial charge in [-0.05, 0) is 61.6 Å². The fourth-order valence-electron chi connectivity index (χ4n) is 3.07. The molecule has 0 aliphatic carbocycles. The lowest BCUT2D eigenvalue weighted by Gasteiger charge is -2.32. The lowest BCUT2D eigenvalue weighted by Crippen LogP contribution is -2.24. The number of hydrogen-bond donors (Lipinski definition) is 1. The van der Waals surface area contributed by atoms with Gasteiger partial charge < -0.3 is 10.6 Å². The Labute approximate surface area is 121 Å². The lowest BCUT2D eigenvalue weighted by atomic mass is 9.98. The van der Waals surface area contributed by atoms with E-state index in [-0.39, 0.29) is 0 Å². The Morgan fingerprint density at radius 1 is 1.10 bits per heavy atom. The van der Waals surface area contributed by atoms with E-state index >= 15 is 0 Å². The lowest BCUT2D eigenvalue weighted by molar-refractivity contribution is 0.765. The van der Waals surface area contributed by atoms with Crippen LogP contribution in [0.1, 0.15) is 28.7 Å². The highest BCUT2D eigenvalue weighted by atomic mass is 15.1. The van der Waals surface area contributed by atoms with Crippen molar-refractivity contribution in [3.63, 3.8) is 0 Å². The van der Waals surface area contributed by atoms with Gasteiger partial charge in [-0.2, -0.15) is 0 Å². The van der Waals surface area contributed by atoms with Crippen LogP contribution in [0.2, 0.25) is 0 Å². The fourth-order valence-corrected chi connectivity index (χ4v) is 3.07. The first kappa shape index (κ1) is 13.2. The molecule has 0 aromatic heterocycles. The minimum absolute atomic E-state index is 0.613. The van der Waals surface area contributed by atoms with E-state index in [1.54, 1.807) is 0 Å². The number of fused-ring (bicyclic) bond motifs is 1. The van der Waals surface area contributed by atoms with Crippen molar-refractivity contribution in [2.45, 2.75) is 33.2 Å². The van der Waals surface area contributed by atoms with Crippen LogP contribution in [0.25, 0.3) is 0 Å². The largest absolute Gasteiger partial charge is 0.341 e. The predicted octanol–water partition coefficient (Wildman–Crippen LogP) is 3.85. The zero-order valence-electron chi connectivity index (χ0n) is 12.3. The molecule has 1 heterocycles. The topological polar surface area (TPSA) is 29.3 Å². The first-order valence-corrected chi connectivity index (χ1v) is 7.35. The van der Waals surface area contributed by atoms with Crippen LogP contribution in [-0.2, 0) is 13.0 Å². The van der Waals surface area contributed by atoms with E-state index in [0.717, 1.165) is 6.54 Å². The molecule has 0 fully saturated rings. The highest BCUT2D eigenvalue weighted by molar-refractivity contribution is 5.69. The van der Waals surface area contributed by atoms with Crippen LogP contribution in [0.3, 0.4) is 0 Å². The van der Waals surface area contributed by atoms with Crippen LogP contribution in [0, 0.1) is 13.8 Å². The van der Waals surface area contributed by atoms with E-state index in [4.69, 9.17) is 5.73 Å². The molecule has 0 saturated heterocycles. The average Bonchev–Trinajstić information content (AvgIpc) is 2.46. The molecular weight excluding hydrogens is 244 g/mol. The molecule has 0 saturated carbocycles. The van der Waals surface area contributed by atoms with Gasteiger partial charge in [0.25, 0.3) is 0 Å². The summed E-state index contributed by atoms with van der Waals surface area (Å²) in [6.07, 6.45) is 2.40. The van der Waals surface area contributed by atoms with Crippen molar-refractivity contribution in [1.29, 1.82) is 0 Å². The van der Waals surface area contributed by atoms with Gasteiger partial charge in [0.1, 0.15) is 0 Å². The monoisotopic (exact) mass is 266 g/mol. The van der Waals surface area contributed by atoms with Gasteiger partial charge in [0.15, 0.2) is 0 Å². The van der Waals surface area contributed by atoms with Gasteiger partial charge in [0.05, 0.1) is 0 Å². The van der Waals surface area contributed by atoms with Crippen LogP contribution in [-0.4, -0.2) is 6.54 Å². The van der Waals surface area contributed by atoms with Crippen molar-refractivity contribution in [2.75, 3.05) is 11.4 Å². The van der Waals surface area contributed by atoms with Crippen LogP contribution in [0.5, 0.6) is 0 Å². The Morgan fingerprint density at radius 2 is 1.95 bits per heavy atom. The quantitative estimate of drug-likeness (QED) is 0.894. The third-order valence-electron chi connectivity index (χ3n) is 4.21. The second-order valence-corrected chi connectivity index (χ2v) is 5.70. The molecule has 3 rings (SSSR count). The summed E-state index contributed by atoms with van der Waals surface area (Å²) < 4.78 is 0. The number of anilines is 2. The van der Waals surface area contributed by atoms with Crippen molar-refractivity contribution in [1.82, 2.24) is 0 Å². The standard InChI is InChI=1S/C18H22N2/c1-13-5-8-18-15(10-13)4-3-9-20(18)17-7-6-16(12-19)14(2)11-17/h5-8,10-11H,3-4,9,12,19H2,1-2H3. The Balaban J connectivity index is 2.02. The molecule has 1 aliphatic heterocycles. The summed E-state index contributed by atoms with van der Waals surface area (Å²) in [5.41, 5.74) is 13.7. The van der Waals surface area contributed by atoms with Crippen LogP contribution < -0.4 is 10.6 Å². The zero-order chi connectivity index (χ0) is 14.1. The van der Waals surface area contributed by atoms with Gasteiger partial charge in [-0.1, -0.05) is 23.8 Å². The molecule has 2 aromatic rings. The van der Waals surface area contributed by atoms with Crippen LogP contribution in [0.15, 0.2) is 36.4 Å². The third-order valence-corrected chi connectivity index (χ3v) is 4.21. The van der Waals surface area contributed by atoms with Crippen molar-refractivity contribution in [3.05, 3.63) is 58.7 Å². The zero-order valence-corrected chi connectivity index (χ0v) is 12.3. The van der Waals surface area contributed by atoms with Gasteiger partial charge in [0.2, 0.25) is 0 Å². The molecule has 2 aromatic carbocycles. The van der Waals surface area contributed by atoms with Gasteiger partial charge in [-0.15, -0.1) is 0 Å². The fraction of sp³-hybridized carbons (Fsp3) is 0.333. The van der Waals surface area contributed by atoms with Gasteiger partial charge in [0, 0.05) is 24.5 Å². The summed E-state index contributed by atoms with van der Waals surface area (Å²) in [7, 11) is 0. The Morgan fingerprint density at radius 3 is 2.70 bits per heavy atom. The summed E-state index contributed by atoms with van der Waals surface area (Å²) in [5, 5.41) is 0.